The number of amides is 1. The van der Waals surface area contributed by atoms with Gasteiger partial charge in [0.25, 0.3) is 10.0 Å². The third-order valence-corrected chi connectivity index (χ3v) is 6.32. The molecule has 4 rings (SSSR count). The molecule has 1 unspecified atom stereocenters. The number of imidazole rings is 1. The van der Waals surface area contributed by atoms with Crippen molar-refractivity contribution in [3.8, 4) is 0 Å². The average molecular weight is 414 g/mol. The third kappa shape index (κ3) is 4.10. The number of sulfonamides is 1. The number of aromatic nitrogens is 2. The van der Waals surface area contributed by atoms with E-state index in [2.05, 4.69) is 15.0 Å². The first-order chi connectivity index (χ1) is 13.9. The van der Waals surface area contributed by atoms with E-state index in [1.807, 2.05) is 11.6 Å². The van der Waals surface area contributed by atoms with Crippen molar-refractivity contribution in [1.29, 1.82) is 0 Å². The van der Waals surface area contributed by atoms with Crippen LogP contribution < -0.4 is 10.0 Å². The van der Waals surface area contributed by atoms with Crippen LogP contribution in [0.25, 0.3) is 11.0 Å². The molecule has 2 N–H and O–H groups in total. The van der Waals surface area contributed by atoms with Gasteiger partial charge in [0.2, 0.25) is 5.91 Å². The van der Waals surface area contributed by atoms with Crippen molar-refractivity contribution in [2.75, 3.05) is 11.3 Å². The van der Waals surface area contributed by atoms with Gasteiger partial charge in [0.05, 0.1) is 28.2 Å². The molecule has 2 aromatic carbocycles. The highest BCUT2D eigenvalue weighted by Crippen LogP contribution is 2.22. The van der Waals surface area contributed by atoms with E-state index in [1.54, 1.807) is 36.4 Å². The monoisotopic (exact) mass is 414 g/mol. The lowest BCUT2D eigenvalue weighted by molar-refractivity contribution is -0.130. The number of ether oxygens (including phenoxy) is 1. The fraction of sp³-hybridized carbons (Fsp3) is 0.300. The third-order valence-electron chi connectivity index (χ3n) is 4.92. The summed E-state index contributed by atoms with van der Waals surface area (Å²) in [6.45, 7) is 0.890. The van der Waals surface area contributed by atoms with Crippen LogP contribution >= 0.6 is 0 Å². The molecule has 9 heteroatoms. The van der Waals surface area contributed by atoms with Gasteiger partial charge in [-0.05, 0) is 43.2 Å². The molecule has 1 saturated heterocycles. The van der Waals surface area contributed by atoms with Crippen molar-refractivity contribution >= 4 is 32.7 Å². The van der Waals surface area contributed by atoms with Gasteiger partial charge in [0.1, 0.15) is 11.9 Å². The lowest BCUT2D eigenvalue weighted by atomic mass is 10.2. The molecule has 8 nitrogen and oxygen atoms in total. The highest BCUT2D eigenvalue weighted by Gasteiger charge is 2.23. The van der Waals surface area contributed by atoms with E-state index in [-0.39, 0.29) is 23.5 Å². The Morgan fingerprint density at radius 3 is 2.76 bits per heavy atom. The number of rotatable bonds is 6. The second-order valence-electron chi connectivity index (χ2n) is 6.93. The van der Waals surface area contributed by atoms with Gasteiger partial charge < -0.3 is 14.6 Å². The zero-order valence-electron chi connectivity index (χ0n) is 16.0. The maximum Gasteiger partial charge on any atom is 0.261 e. The Labute approximate surface area is 168 Å². The summed E-state index contributed by atoms with van der Waals surface area (Å²) in [5, 5.41) is 2.86. The highest BCUT2D eigenvalue weighted by molar-refractivity contribution is 7.92. The molecule has 152 valence electrons. The minimum absolute atomic E-state index is 0.133. The summed E-state index contributed by atoms with van der Waals surface area (Å²) in [7, 11) is -1.81. The van der Waals surface area contributed by atoms with Crippen molar-refractivity contribution in [1.82, 2.24) is 14.9 Å². The molecule has 0 saturated carbocycles. The van der Waals surface area contributed by atoms with E-state index in [1.165, 1.54) is 12.1 Å². The van der Waals surface area contributed by atoms with Gasteiger partial charge >= 0.3 is 0 Å². The van der Waals surface area contributed by atoms with Crippen LogP contribution in [0.1, 0.15) is 18.7 Å². The van der Waals surface area contributed by atoms with Crippen LogP contribution in [-0.2, 0) is 33.1 Å². The molecule has 0 aliphatic carbocycles. The Balaban J connectivity index is 1.51. The Morgan fingerprint density at radius 2 is 2.03 bits per heavy atom. The number of hydrogen-bond donors (Lipinski definition) is 2. The van der Waals surface area contributed by atoms with E-state index < -0.39 is 10.0 Å². The predicted octanol–water partition coefficient (Wildman–Crippen LogP) is 2.17. The predicted molar refractivity (Wildman–Crippen MR) is 109 cm³/mol. The van der Waals surface area contributed by atoms with Gasteiger partial charge in [-0.1, -0.05) is 18.2 Å². The van der Waals surface area contributed by atoms with Crippen molar-refractivity contribution in [3.63, 3.8) is 0 Å². The van der Waals surface area contributed by atoms with Gasteiger partial charge in [0.15, 0.2) is 0 Å². The Kier molecular flexibility index (Phi) is 5.25. The normalized spacial score (nSPS) is 16.8. The number of hydrogen-bond acceptors (Lipinski definition) is 5. The fourth-order valence-electron chi connectivity index (χ4n) is 3.35. The molecule has 1 aliphatic heterocycles. The van der Waals surface area contributed by atoms with E-state index in [4.69, 9.17) is 4.74 Å². The number of nitrogens with one attached hydrogen (secondary N) is 2. The Hall–Kier alpha value is -2.91. The first-order valence-electron chi connectivity index (χ1n) is 9.36. The average Bonchev–Trinajstić information content (AvgIpc) is 3.35. The SMILES string of the molecule is Cn1c(CNC(=O)C2CCCO2)nc2cc(NS(=O)(=O)c3ccccc3)ccc21. The molecule has 3 aromatic rings. The Morgan fingerprint density at radius 1 is 1.24 bits per heavy atom. The Bertz CT molecular complexity index is 1140. The molecule has 2 heterocycles. The maximum atomic E-state index is 12.5. The number of carbonyl (C=O) groups is 1. The number of fused-ring (bicyclic) bond motifs is 1. The molecule has 1 aliphatic rings. The van der Waals surface area contributed by atoms with Crippen molar-refractivity contribution in [3.05, 3.63) is 54.4 Å². The van der Waals surface area contributed by atoms with Crippen molar-refractivity contribution in [2.45, 2.75) is 30.4 Å². The summed E-state index contributed by atoms with van der Waals surface area (Å²) < 4.78 is 34.9. The summed E-state index contributed by atoms with van der Waals surface area (Å²) in [5.74, 6) is 0.542. The summed E-state index contributed by atoms with van der Waals surface area (Å²) in [5.41, 5.74) is 1.91. The van der Waals surface area contributed by atoms with E-state index in [9.17, 15) is 13.2 Å². The van der Waals surface area contributed by atoms with Gasteiger partial charge in [-0.15, -0.1) is 0 Å². The molecule has 0 spiro atoms. The number of aryl methyl sites for hydroxylation is 1. The van der Waals surface area contributed by atoms with Crippen molar-refractivity contribution in [2.24, 2.45) is 7.05 Å². The lowest BCUT2D eigenvalue weighted by Crippen LogP contribution is -2.34. The summed E-state index contributed by atoms with van der Waals surface area (Å²) in [6, 6.07) is 13.4. The van der Waals surface area contributed by atoms with Gasteiger partial charge in [-0.25, -0.2) is 13.4 Å². The topological polar surface area (TPSA) is 102 Å². The molecular weight excluding hydrogens is 392 g/mol. The number of anilines is 1. The highest BCUT2D eigenvalue weighted by atomic mass is 32.2. The number of benzene rings is 2. The largest absolute Gasteiger partial charge is 0.368 e. The summed E-state index contributed by atoms with van der Waals surface area (Å²) in [6.07, 6.45) is 1.24. The standard InChI is InChI=1S/C20H22N4O4S/c1-24-17-10-9-14(23-29(26,27)15-6-3-2-4-7-15)12-16(17)22-19(24)13-21-20(25)18-8-5-11-28-18/h2-4,6-7,9-10,12,18,23H,5,8,11,13H2,1H3,(H,21,25). The molecule has 29 heavy (non-hydrogen) atoms. The van der Waals surface area contributed by atoms with Crippen LogP contribution in [0.2, 0.25) is 0 Å². The molecular formula is C20H22N4O4S. The quantitative estimate of drug-likeness (QED) is 0.644. The maximum absolute atomic E-state index is 12.5. The van der Waals surface area contributed by atoms with Gasteiger partial charge in [0, 0.05) is 13.7 Å². The van der Waals surface area contributed by atoms with Gasteiger partial charge in [-0.3, -0.25) is 9.52 Å². The molecule has 1 atom stereocenters. The van der Waals surface area contributed by atoms with Crippen molar-refractivity contribution < 1.29 is 17.9 Å². The first kappa shape index (κ1) is 19.4. The molecule has 0 radical (unpaired) electrons. The zero-order chi connectivity index (χ0) is 20.4. The zero-order valence-corrected chi connectivity index (χ0v) is 16.8. The van der Waals surface area contributed by atoms with Crippen LogP contribution in [0.4, 0.5) is 5.69 Å². The van der Waals surface area contributed by atoms with Crippen LogP contribution in [-0.4, -0.2) is 36.6 Å². The smallest absolute Gasteiger partial charge is 0.261 e. The molecule has 0 bridgehead atoms. The van der Waals surface area contributed by atoms with Crippen LogP contribution in [0, 0.1) is 0 Å². The second-order valence-corrected chi connectivity index (χ2v) is 8.61. The van der Waals surface area contributed by atoms with E-state index >= 15 is 0 Å². The lowest BCUT2D eigenvalue weighted by Gasteiger charge is -2.10. The minimum Gasteiger partial charge on any atom is -0.368 e. The minimum atomic E-state index is -3.67. The number of nitrogens with zero attached hydrogens (tertiary/aromatic N) is 2. The fourth-order valence-corrected chi connectivity index (χ4v) is 4.42. The van der Waals surface area contributed by atoms with Crippen LogP contribution in [0.3, 0.4) is 0 Å². The van der Waals surface area contributed by atoms with E-state index in [0.717, 1.165) is 18.4 Å². The number of carbonyl (C=O) groups excluding carboxylic acids is 1. The second kappa shape index (κ2) is 7.84. The molecule has 1 aromatic heterocycles. The molecule has 1 fully saturated rings. The summed E-state index contributed by atoms with van der Waals surface area (Å²) in [4.78, 5) is 16.9. The first-order valence-corrected chi connectivity index (χ1v) is 10.8. The van der Waals surface area contributed by atoms with E-state index in [0.29, 0.717) is 23.6 Å². The molecule has 1 amide bonds. The summed E-state index contributed by atoms with van der Waals surface area (Å²) >= 11 is 0. The van der Waals surface area contributed by atoms with Crippen LogP contribution in [0.15, 0.2) is 53.4 Å². The van der Waals surface area contributed by atoms with Gasteiger partial charge in [-0.2, -0.15) is 0 Å². The van der Waals surface area contributed by atoms with Crippen LogP contribution in [0.5, 0.6) is 0 Å².